The second kappa shape index (κ2) is 13.4. The molecule has 1 aliphatic rings. The van der Waals surface area contributed by atoms with E-state index in [1.807, 2.05) is 24.5 Å². The molecule has 1 unspecified atom stereocenters. The highest BCUT2D eigenvalue weighted by Gasteiger charge is 2.31. The van der Waals surface area contributed by atoms with Gasteiger partial charge in [-0.2, -0.15) is 9.29 Å². The largest absolute Gasteiger partial charge is 0.340 e. The number of nitrogens with one attached hydrogen (secondary N) is 3. The molecule has 4 aromatic rings. The molecule has 2 aromatic carbocycles. The Kier molecular flexibility index (Phi) is 9.41. The molecule has 42 heavy (non-hydrogen) atoms. The summed E-state index contributed by atoms with van der Waals surface area (Å²) in [6.07, 6.45) is 9.66. The van der Waals surface area contributed by atoms with Crippen LogP contribution >= 0.6 is 0 Å². The Hall–Kier alpha value is -3.93. The van der Waals surface area contributed by atoms with Gasteiger partial charge >= 0.3 is 0 Å². The van der Waals surface area contributed by atoms with Gasteiger partial charge in [0.2, 0.25) is 16.0 Å². The van der Waals surface area contributed by atoms with Crippen LogP contribution in [0.3, 0.4) is 0 Å². The normalized spacial score (nSPS) is 18.0. The number of anilines is 4. The Morgan fingerprint density at radius 2 is 1.52 bits per heavy atom. The lowest BCUT2D eigenvalue weighted by molar-refractivity contribution is 0.241. The van der Waals surface area contributed by atoms with Gasteiger partial charge in [-0.3, -0.25) is 4.98 Å². The Morgan fingerprint density at radius 1 is 0.881 bits per heavy atom. The van der Waals surface area contributed by atoms with Crippen molar-refractivity contribution in [1.29, 1.82) is 0 Å². The van der Waals surface area contributed by atoms with E-state index in [1.54, 1.807) is 55.7 Å². The van der Waals surface area contributed by atoms with Crippen molar-refractivity contribution in [2.24, 2.45) is 0 Å². The molecule has 1 aliphatic carbocycles. The molecule has 3 N–H and O–H groups in total. The number of aromatic nitrogens is 3. The summed E-state index contributed by atoms with van der Waals surface area (Å²) in [7, 11) is -1.96. The standard InChI is InChI=1S/C31H36FN7O2S/c1-22(21-23-15-18-33-19-16-23)35-25-7-11-28(12-8-25)39(2)42(40,41)29-13-9-27(10-14-29)37-31-34-20-17-30(38-31)36-26-5-3-24(32)4-6-26/h3-6,9-10,13-20,22,25,28,35H,7-8,11-12,21H2,1-2H3,(H2,34,36,37,38). The zero-order valence-electron chi connectivity index (χ0n) is 23.7. The fourth-order valence-electron chi connectivity index (χ4n) is 5.31. The molecule has 220 valence electrons. The minimum absolute atomic E-state index is 0.0360. The molecular formula is C31H36FN7O2S. The Morgan fingerprint density at radius 3 is 2.21 bits per heavy atom. The van der Waals surface area contributed by atoms with Gasteiger partial charge in [0.25, 0.3) is 0 Å². The first-order chi connectivity index (χ1) is 20.3. The molecule has 0 radical (unpaired) electrons. The van der Waals surface area contributed by atoms with E-state index < -0.39 is 10.0 Å². The fraction of sp³-hybridized carbons (Fsp3) is 0.323. The molecule has 1 atom stereocenters. The van der Waals surface area contributed by atoms with E-state index in [0.29, 0.717) is 35.2 Å². The number of pyridine rings is 1. The van der Waals surface area contributed by atoms with E-state index in [9.17, 15) is 12.8 Å². The summed E-state index contributed by atoms with van der Waals surface area (Å²) in [6, 6.07) is 19.0. The van der Waals surface area contributed by atoms with E-state index >= 15 is 0 Å². The van der Waals surface area contributed by atoms with Crippen molar-refractivity contribution < 1.29 is 12.8 Å². The Bertz CT molecular complexity index is 1550. The lowest BCUT2D eigenvalue weighted by Crippen LogP contribution is -2.45. The average Bonchev–Trinajstić information content (AvgIpc) is 2.99. The number of halogens is 1. The molecule has 1 saturated carbocycles. The monoisotopic (exact) mass is 589 g/mol. The maximum Gasteiger partial charge on any atom is 0.243 e. The first kappa shape index (κ1) is 29.6. The molecule has 11 heteroatoms. The number of sulfonamides is 1. The first-order valence-corrected chi connectivity index (χ1v) is 15.6. The zero-order valence-corrected chi connectivity index (χ0v) is 24.6. The van der Waals surface area contributed by atoms with E-state index in [2.05, 4.69) is 37.8 Å². The quantitative estimate of drug-likeness (QED) is 0.206. The molecule has 0 aliphatic heterocycles. The number of rotatable bonds is 11. The molecule has 0 saturated heterocycles. The maximum atomic E-state index is 13.4. The molecular weight excluding hydrogens is 553 g/mol. The molecule has 0 spiro atoms. The van der Waals surface area contributed by atoms with Crippen LogP contribution in [0.25, 0.3) is 0 Å². The van der Waals surface area contributed by atoms with Crippen molar-refractivity contribution in [3.8, 4) is 0 Å². The number of hydrogen-bond acceptors (Lipinski definition) is 8. The van der Waals surface area contributed by atoms with Gasteiger partial charge in [0, 0.05) is 55.1 Å². The van der Waals surface area contributed by atoms with Crippen LogP contribution in [0.15, 0.2) is 90.2 Å². The van der Waals surface area contributed by atoms with Gasteiger partial charge in [0.05, 0.1) is 4.90 Å². The Labute approximate surface area is 246 Å². The average molecular weight is 590 g/mol. The Balaban J connectivity index is 1.14. The van der Waals surface area contributed by atoms with Crippen LogP contribution in [0.4, 0.5) is 27.5 Å². The zero-order chi connectivity index (χ0) is 29.5. The second-order valence-corrected chi connectivity index (χ2v) is 12.7. The summed E-state index contributed by atoms with van der Waals surface area (Å²) in [5.41, 5.74) is 2.61. The molecule has 9 nitrogen and oxygen atoms in total. The van der Waals surface area contributed by atoms with Crippen LogP contribution in [0.1, 0.15) is 38.2 Å². The van der Waals surface area contributed by atoms with Crippen LogP contribution in [0.2, 0.25) is 0 Å². The fourth-order valence-corrected chi connectivity index (χ4v) is 6.73. The summed E-state index contributed by atoms with van der Waals surface area (Å²) in [6.45, 7) is 2.19. The second-order valence-electron chi connectivity index (χ2n) is 10.7. The highest BCUT2D eigenvalue weighted by atomic mass is 32.2. The summed E-state index contributed by atoms with van der Waals surface area (Å²) < 4.78 is 41.6. The third-order valence-electron chi connectivity index (χ3n) is 7.58. The molecule has 2 aromatic heterocycles. The first-order valence-electron chi connectivity index (χ1n) is 14.1. The predicted molar refractivity (Wildman–Crippen MR) is 163 cm³/mol. The van der Waals surface area contributed by atoms with Gasteiger partial charge in [0.15, 0.2) is 0 Å². The van der Waals surface area contributed by atoms with Gasteiger partial charge < -0.3 is 16.0 Å². The molecule has 1 fully saturated rings. The summed E-state index contributed by atoms with van der Waals surface area (Å²) in [4.78, 5) is 13.0. The predicted octanol–water partition coefficient (Wildman–Crippen LogP) is 5.65. The van der Waals surface area contributed by atoms with Crippen molar-refractivity contribution in [2.45, 2.75) is 62.0 Å². The smallest absolute Gasteiger partial charge is 0.243 e. The lowest BCUT2D eigenvalue weighted by atomic mass is 9.90. The molecule has 0 bridgehead atoms. The van der Waals surface area contributed by atoms with Crippen LogP contribution in [0.5, 0.6) is 0 Å². The van der Waals surface area contributed by atoms with E-state index in [-0.39, 0.29) is 16.8 Å². The van der Waals surface area contributed by atoms with Crippen molar-refractivity contribution in [3.05, 3.63) is 96.7 Å². The number of hydrogen-bond donors (Lipinski definition) is 3. The van der Waals surface area contributed by atoms with Crippen LogP contribution in [-0.2, 0) is 16.4 Å². The van der Waals surface area contributed by atoms with Crippen LogP contribution in [-0.4, -0.2) is 52.8 Å². The van der Waals surface area contributed by atoms with Gasteiger partial charge in [-0.1, -0.05) is 0 Å². The minimum atomic E-state index is -3.64. The minimum Gasteiger partial charge on any atom is -0.340 e. The summed E-state index contributed by atoms with van der Waals surface area (Å²) in [5, 5.41) is 9.93. The topological polar surface area (TPSA) is 112 Å². The van der Waals surface area contributed by atoms with Crippen LogP contribution in [0, 0.1) is 5.82 Å². The van der Waals surface area contributed by atoms with Crippen molar-refractivity contribution in [1.82, 2.24) is 24.6 Å². The summed E-state index contributed by atoms with van der Waals surface area (Å²) in [5.74, 6) is 0.563. The number of benzene rings is 2. The van der Waals surface area contributed by atoms with Gasteiger partial charge in [0.1, 0.15) is 11.6 Å². The van der Waals surface area contributed by atoms with E-state index in [1.165, 1.54) is 22.0 Å². The molecule has 0 amide bonds. The number of nitrogens with zero attached hydrogens (tertiary/aromatic N) is 4. The van der Waals surface area contributed by atoms with Gasteiger partial charge in [-0.15, -0.1) is 0 Å². The maximum absolute atomic E-state index is 13.4. The summed E-state index contributed by atoms with van der Waals surface area (Å²) >= 11 is 0. The SMILES string of the molecule is CC(Cc1ccncc1)NC1CCC(N(C)S(=O)(=O)c2ccc(Nc3nccc(Nc4ccc(F)cc4)n3)cc2)CC1. The van der Waals surface area contributed by atoms with Gasteiger partial charge in [-0.25, -0.2) is 17.8 Å². The third-order valence-corrected chi connectivity index (χ3v) is 9.51. The van der Waals surface area contributed by atoms with E-state index in [4.69, 9.17) is 0 Å². The molecule has 2 heterocycles. The highest BCUT2D eigenvalue weighted by molar-refractivity contribution is 7.89. The van der Waals surface area contributed by atoms with Crippen molar-refractivity contribution in [3.63, 3.8) is 0 Å². The van der Waals surface area contributed by atoms with E-state index in [0.717, 1.165) is 32.1 Å². The van der Waals surface area contributed by atoms with Crippen molar-refractivity contribution in [2.75, 3.05) is 17.7 Å². The lowest BCUT2D eigenvalue weighted by Gasteiger charge is -2.35. The molecule has 5 rings (SSSR count). The van der Waals surface area contributed by atoms with Crippen molar-refractivity contribution >= 4 is 33.2 Å². The third kappa shape index (κ3) is 7.67. The highest BCUT2D eigenvalue weighted by Crippen LogP contribution is 2.28. The van der Waals surface area contributed by atoms with Gasteiger partial charge in [-0.05, 0) is 111 Å². The van der Waals surface area contributed by atoms with Crippen LogP contribution < -0.4 is 16.0 Å².